The molecule has 2 amide bonds. The van der Waals surface area contributed by atoms with E-state index in [-0.39, 0.29) is 18.4 Å². The van der Waals surface area contributed by atoms with Crippen molar-refractivity contribution in [1.82, 2.24) is 0 Å². The van der Waals surface area contributed by atoms with Gasteiger partial charge in [-0.05, 0) is 30.3 Å². The van der Waals surface area contributed by atoms with Gasteiger partial charge in [0.2, 0.25) is 5.91 Å². The van der Waals surface area contributed by atoms with E-state index in [1.165, 1.54) is 13.2 Å². The molecule has 0 spiro atoms. The van der Waals surface area contributed by atoms with Crippen molar-refractivity contribution >= 4 is 23.2 Å². The first-order chi connectivity index (χ1) is 13.2. The Hall–Kier alpha value is -3.53. The molecule has 7 heteroatoms. The number of nitrogens with one attached hydrogen (secondary N) is 2. The quantitative estimate of drug-likeness (QED) is 0.797. The summed E-state index contributed by atoms with van der Waals surface area (Å²) in [6.07, 6.45) is 0. The number of nitrogens with zero attached hydrogens (tertiary/aromatic N) is 1. The van der Waals surface area contributed by atoms with Gasteiger partial charge >= 0.3 is 0 Å². The molecular weight excluding hydrogens is 358 g/mol. The summed E-state index contributed by atoms with van der Waals surface area (Å²) in [5.74, 6) is 0.250. The van der Waals surface area contributed by atoms with Gasteiger partial charge in [0, 0.05) is 22.9 Å². The minimum atomic E-state index is -0.521. The Morgan fingerprint density at radius 2 is 1.71 bits per heavy atom. The molecule has 7 nitrogen and oxygen atoms in total. The summed E-state index contributed by atoms with van der Waals surface area (Å²) < 4.78 is 10.7. The second-order valence-electron chi connectivity index (χ2n) is 7.10. The second-order valence-corrected chi connectivity index (χ2v) is 7.10. The van der Waals surface area contributed by atoms with Crippen molar-refractivity contribution in [2.45, 2.75) is 20.8 Å². The van der Waals surface area contributed by atoms with Crippen LogP contribution in [0.5, 0.6) is 11.5 Å². The SMILES string of the molecule is COc1cc(C#N)ccc1OCC(=O)Nc1cccc(NC(=O)C(C)(C)C)c1. The Balaban J connectivity index is 1.98. The van der Waals surface area contributed by atoms with Crippen molar-refractivity contribution in [2.75, 3.05) is 24.4 Å². The second kappa shape index (κ2) is 8.91. The van der Waals surface area contributed by atoms with Gasteiger partial charge in [-0.2, -0.15) is 5.26 Å². The molecule has 2 aromatic rings. The molecule has 28 heavy (non-hydrogen) atoms. The Kier molecular flexibility index (Phi) is 6.61. The highest BCUT2D eigenvalue weighted by molar-refractivity contribution is 5.96. The van der Waals surface area contributed by atoms with Crippen LogP contribution >= 0.6 is 0 Å². The molecule has 0 aliphatic carbocycles. The standard InChI is InChI=1S/C21H23N3O4/c1-21(2,3)20(26)24-16-7-5-6-15(11-16)23-19(25)13-28-17-9-8-14(12-22)10-18(17)27-4/h5-11H,13H2,1-4H3,(H,23,25)(H,24,26). The minimum absolute atomic E-state index is 0.118. The summed E-state index contributed by atoms with van der Waals surface area (Å²) in [7, 11) is 1.46. The fourth-order valence-electron chi connectivity index (χ4n) is 2.19. The number of rotatable bonds is 6. The molecule has 0 radical (unpaired) electrons. The Labute approximate surface area is 164 Å². The van der Waals surface area contributed by atoms with E-state index in [0.29, 0.717) is 28.4 Å². The first-order valence-electron chi connectivity index (χ1n) is 8.65. The van der Waals surface area contributed by atoms with Crippen LogP contribution in [0.3, 0.4) is 0 Å². The van der Waals surface area contributed by atoms with Crippen LogP contribution in [0, 0.1) is 16.7 Å². The number of hydrogen-bond donors (Lipinski definition) is 2. The zero-order chi connectivity index (χ0) is 20.7. The molecule has 0 atom stereocenters. The molecule has 0 aliphatic rings. The van der Waals surface area contributed by atoms with Crippen LogP contribution in [0.1, 0.15) is 26.3 Å². The molecule has 0 heterocycles. The molecule has 0 aromatic heterocycles. The summed E-state index contributed by atoms with van der Waals surface area (Å²) in [5.41, 5.74) is 1.04. The lowest BCUT2D eigenvalue weighted by molar-refractivity contribution is -0.123. The van der Waals surface area contributed by atoms with Gasteiger partial charge in [-0.1, -0.05) is 26.8 Å². The first-order valence-corrected chi connectivity index (χ1v) is 8.65. The number of ether oxygens (including phenoxy) is 2. The monoisotopic (exact) mass is 381 g/mol. The van der Waals surface area contributed by atoms with Crippen LogP contribution in [0.25, 0.3) is 0 Å². The van der Waals surface area contributed by atoms with Gasteiger partial charge in [0.15, 0.2) is 18.1 Å². The van der Waals surface area contributed by atoms with E-state index in [1.807, 2.05) is 26.8 Å². The van der Waals surface area contributed by atoms with Gasteiger partial charge in [0.1, 0.15) is 0 Å². The molecule has 0 saturated heterocycles. The maximum Gasteiger partial charge on any atom is 0.262 e. The van der Waals surface area contributed by atoms with E-state index in [4.69, 9.17) is 14.7 Å². The number of amides is 2. The summed E-state index contributed by atoms with van der Waals surface area (Å²) >= 11 is 0. The van der Waals surface area contributed by atoms with Crippen molar-refractivity contribution in [2.24, 2.45) is 5.41 Å². The molecule has 0 aliphatic heterocycles. The minimum Gasteiger partial charge on any atom is -0.493 e. The lowest BCUT2D eigenvalue weighted by Crippen LogP contribution is -2.27. The molecule has 2 N–H and O–H groups in total. The van der Waals surface area contributed by atoms with Crippen LogP contribution in [0.15, 0.2) is 42.5 Å². The average Bonchev–Trinajstić information content (AvgIpc) is 2.65. The predicted molar refractivity (Wildman–Crippen MR) is 106 cm³/mol. The van der Waals surface area contributed by atoms with Gasteiger partial charge in [0.25, 0.3) is 5.91 Å². The first kappa shape index (κ1) is 20.8. The average molecular weight is 381 g/mol. The molecular formula is C21H23N3O4. The fraction of sp³-hybridized carbons (Fsp3) is 0.286. The molecule has 0 fully saturated rings. The summed E-state index contributed by atoms with van der Waals surface area (Å²) in [5, 5.41) is 14.4. The largest absolute Gasteiger partial charge is 0.493 e. The lowest BCUT2D eigenvalue weighted by Gasteiger charge is -2.18. The zero-order valence-electron chi connectivity index (χ0n) is 16.3. The van der Waals surface area contributed by atoms with Crippen molar-refractivity contribution < 1.29 is 19.1 Å². The smallest absolute Gasteiger partial charge is 0.262 e. The number of carbonyl (C=O) groups is 2. The fourth-order valence-corrected chi connectivity index (χ4v) is 2.19. The third kappa shape index (κ3) is 5.74. The number of nitriles is 1. The van der Waals surface area contributed by atoms with E-state index in [9.17, 15) is 9.59 Å². The number of methoxy groups -OCH3 is 1. The van der Waals surface area contributed by atoms with Crippen molar-refractivity contribution in [3.05, 3.63) is 48.0 Å². The van der Waals surface area contributed by atoms with Crippen molar-refractivity contribution in [1.29, 1.82) is 5.26 Å². The maximum atomic E-state index is 12.2. The Morgan fingerprint density at radius 3 is 2.32 bits per heavy atom. The highest BCUT2D eigenvalue weighted by Gasteiger charge is 2.21. The molecule has 0 unspecified atom stereocenters. The molecule has 0 bridgehead atoms. The number of anilines is 2. The Morgan fingerprint density at radius 1 is 1.04 bits per heavy atom. The summed E-state index contributed by atoms with van der Waals surface area (Å²) in [6, 6.07) is 13.6. The van der Waals surface area contributed by atoms with E-state index in [1.54, 1.807) is 36.4 Å². The number of carbonyl (C=O) groups excluding carboxylic acids is 2. The molecule has 2 rings (SSSR count). The van der Waals surface area contributed by atoms with Crippen LogP contribution in [0.4, 0.5) is 11.4 Å². The zero-order valence-corrected chi connectivity index (χ0v) is 16.3. The third-order valence-corrected chi connectivity index (χ3v) is 3.74. The molecule has 2 aromatic carbocycles. The van der Waals surface area contributed by atoms with Crippen molar-refractivity contribution in [3.8, 4) is 17.6 Å². The van der Waals surface area contributed by atoms with Gasteiger partial charge in [-0.15, -0.1) is 0 Å². The van der Waals surface area contributed by atoms with Crippen molar-refractivity contribution in [3.63, 3.8) is 0 Å². The topological polar surface area (TPSA) is 100 Å². The van der Waals surface area contributed by atoms with E-state index < -0.39 is 5.41 Å². The normalized spacial score (nSPS) is 10.5. The van der Waals surface area contributed by atoms with Gasteiger partial charge < -0.3 is 20.1 Å². The summed E-state index contributed by atoms with van der Waals surface area (Å²) in [4.78, 5) is 24.3. The maximum absolute atomic E-state index is 12.2. The summed E-state index contributed by atoms with van der Waals surface area (Å²) in [6.45, 7) is 5.23. The number of hydrogen-bond acceptors (Lipinski definition) is 5. The van der Waals surface area contributed by atoms with E-state index >= 15 is 0 Å². The third-order valence-electron chi connectivity index (χ3n) is 3.74. The predicted octanol–water partition coefficient (Wildman–Crippen LogP) is 3.57. The van der Waals surface area contributed by atoms with Crippen LogP contribution in [-0.2, 0) is 9.59 Å². The van der Waals surface area contributed by atoms with E-state index in [2.05, 4.69) is 10.6 Å². The highest BCUT2D eigenvalue weighted by Crippen LogP contribution is 2.28. The Bertz CT molecular complexity index is 911. The number of benzene rings is 2. The van der Waals surface area contributed by atoms with Gasteiger partial charge in [0.05, 0.1) is 18.7 Å². The van der Waals surface area contributed by atoms with Crippen LogP contribution in [-0.4, -0.2) is 25.5 Å². The molecule has 146 valence electrons. The highest BCUT2D eigenvalue weighted by atomic mass is 16.5. The van der Waals surface area contributed by atoms with Gasteiger partial charge in [-0.25, -0.2) is 0 Å². The van der Waals surface area contributed by atoms with E-state index in [0.717, 1.165) is 0 Å². The van der Waals surface area contributed by atoms with Gasteiger partial charge in [-0.3, -0.25) is 9.59 Å². The van der Waals surface area contributed by atoms with Crippen LogP contribution < -0.4 is 20.1 Å². The lowest BCUT2D eigenvalue weighted by atomic mass is 9.95. The van der Waals surface area contributed by atoms with Crippen LogP contribution in [0.2, 0.25) is 0 Å². The molecule has 0 saturated carbocycles.